The molecule has 0 aliphatic rings. The number of halogens is 1. The molecule has 1 N–H and O–H groups in total. The first-order chi connectivity index (χ1) is 8.41. The molecule has 18 heavy (non-hydrogen) atoms. The van der Waals surface area contributed by atoms with Gasteiger partial charge in [0.15, 0.2) is 6.20 Å². The van der Waals surface area contributed by atoms with Crippen molar-refractivity contribution >= 4 is 27.7 Å². The number of nitrogens with zero attached hydrogens (tertiary/aromatic N) is 2. The number of aromatic nitrogens is 1. The summed E-state index contributed by atoms with van der Waals surface area (Å²) in [5, 5.41) is 10.6. The molecule has 0 bridgehead atoms. The van der Waals surface area contributed by atoms with Gasteiger partial charge in [-0.05, 0) is 31.8 Å². The zero-order valence-electron chi connectivity index (χ0n) is 9.84. The van der Waals surface area contributed by atoms with Gasteiger partial charge in [0.2, 0.25) is 0 Å². The third-order valence-electron chi connectivity index (χ3n) is 1.85. The molecule has 8 heteroatoms. The number of rotatable bonds is 5. The maximum Gasteiger partial charge on any atom is 0.364 e. The van der Waals surface area contributed by atoms with Crippen LogP contribution in [0.1, 0.15) is 24.2 Å². The fraction of sp³-hybridized carbons (Fsp3) is 0.400. The van der Waals surface area contributed by atoms with Gasteiger partial charge in [0.25, 0.3) is 5.91 Å². The summed E-state index contributed by atoms with van der Waals surface area (Å²) in [4.78, 5) is 30.1. The van der Waals surface area contributed by atoms with E-state index in [0.29, 0.717) is 11.1 Å². The van der Waals surface area contributed by atoms with E-state index in [1.165, 1.54) is 6.20 Å². The van der Waals surface area contributed by atoms with E-state index in [2.05, 4.69) is 26.4 Å². The van der Waals surface area contributed by atoms with Gasteiger partial charge in [0.05, 0.1) is 22.7 Å². The molecule has 0 aromatic carbocycles. The van der Waals surface area contributed by atoms with Crippen LogP contribution >= 0.6 is 15.9 Å². The highest BCUT2D eigenvalue weighted by molar-refractivity contribution is 9.10. The SMILES string of the molecule is CC(C)CONC(=O)c1cc([N+](=O)[O-])ncc1Br. The molecule has 0 aliphatic heterocycles. The van der Waals surface area contributed by atoms with Gasteiger partial charge in [0.1, 0.15) is 0 Å². The van der Waals surface area contributed by atoms with Crippen LogP contribution in [0.15, 0.2) is 16.7 Å². The molecular formula is C10H12BrN3O4. The van der Waals surface area contributed by atoms with E-state index < -0.39 is 16.6 Å². The number of nitrogens with one attached hydrogen (secondary N) is 1. The Hall–Kier alpha value is -1.54. The molecule has 1 aromatic rings. The van der Waals surface area contributed by atoms with Gasteiger partial charge < -0.3 is 10.1 Å². The van der Waals surface area contributed by atoms with E-state index in [9.17, 15) is 14.9 Å². The first-order valence-corrected chi connectivity index (χ1v) is 5.93. The zero-order chi connectivity index (χ0) is 13.7. The van der Waals surface area contributed by atoms with Crippen LogP contribution < -0.4 is 5.48 Å². The number of hydrogen-bond acceptors (Lipinski definition) is 5. The lowest BCUT2D eigenvalue weighted by Crippen LogP contribution is -2.26. The number of hydroxylamine groups is 1. The van der Waals surface area contributed by atoms with Crippen LogP contribution in [-0.2, 0) is 4.84 Å². The number of carbonyl (C=O) groups is 1. The van der Waals surface area contributed by atoms with Crippen molar-refractivity contribution in [3.05, 3.63) is 32.4 Å². The average Bonchev–Trinajstić information content (AvgIpc) is 2.28. The minimum Gasteiger partial charge on any atom is -0.358 e. The topological polar surface area (TPSA) is 94.4 Å². The predicted molar refractivity (Wildman–Crippen MR) is 66.8 cm³/mol. The van der Waals surface area contributed by atoms with E-state index >= 15 is 0 Å². The van der Waals surface area contributed by atoms with Crippen LogP contribution in [0.3, 0.4) is 0 Å². The van der Waals surface area contributed by atoms with E-state index in [-0.39, 0.29) is 11.5 Å². The summed E-state index contributed by atoms with van der Waals surface area (Å²) >= 11 is 3.10. The van der Waals surface area contributed by atoms with Crippen molar-refractivity contribution in [3.63, 3.8) is 0 Å². The van der Waals surface area contributed by atoms with E-state index in [4.69, 9.17) is 4.84 Å². The Kier molecular flexibility index (Phi) is 5.17. The highest BCUT2D eigenvalue weighted by Crippen LogP contribution is 2.19. The Morgan fingerprint density at radius 3 is 2.89 bits per heavy atom. The lowest BCUT2D eigenvalue weighted by atomic mass is 10.2. The summed E-state index contributed by atoms with van der Waals surface area (Å²) in [5.74, 6) is -0.694. The van der Waals surface area contributed by atoms with E-state index in [0.717, 1.165) is 6.07 Å². The van der Waals surface area contributed by atoms with Gasteiger partial charge >= 0.3 is 5.82 Å². The van der Waals surface area contributed by atoms with Gasteiger partial charge in [-0.2, -0.15) is 0 Å². The molecule has 0 atom stereocenters. The van der Waals surface area contributed by atoms with Crippen LogP contribution in [0, 0.1) is 16.0 Å². The molecule has 0 aliphatic carbocycles. The molecular weight excluding hydrogens is 306 g/mol. The van der Waals surface area contributed by atoms with Crippen molar-refractivity contribution in [2.75, 3.05) is 6.61 Å². The minimum absolute atomic E-state index is 0.0976. The number of hydrogen-bond donors (Lipinski definition) is 1. The largest absolute Gasteiger partial charge is 0.364 e. The van der Waals surface area contributed by atoms with Crippen LogP contribution in [0.5, 0.6) is 0 Å². The molecule has 0 fully saturated rings. The Bertz CT molecular complexity index is 464. The van der Waals surface area contributed by atoms with Gasteiger partial charge in [-0.1, -0.05) is 13.8 Å². The highest BCUT2D eigenvalue weighted by Gasteiger charge is 2.17. The smallest absolute Gasteiger partial charge is 0.358 e. The summed E-state index contributed by atoms with van der Waals surface area (Å²) in [6, 6.07) is 1.08. The molecule has 1 aromatic heterocycles. The van der Waals surface area contributed by atoms with Crippen LogP contribution in [0.25, 0.3) is 0 Å². The second kappa shape index (κ2) is 6.41. The third kappa shape index (κ3) is 4.04. The van der Waals surface area contributed by atoms with Crippen molar-refractivity contribution in [1.29, 1.82) is 0 Å². The fourth-order valence-electron chi connectivity index (χ4n) is 1.03. The number of pyridine rings is 1. The summed E-state index contributed by atoms with van der Waals surface area (Å²) in [6.07, 6.45) is 1.20. The zero-order valence-corrected chi connectivity index (χ0v) is 11.4. The quantitative estimate of drug-likeness (QED) is 0.662. The number of nitro groups is 1. The normalized spacial score (nSPS) is 10.4. The number of carbonyl (C=O) groups excluding carboxylic acids is 1. The molecule has 98 valence electrons. The maximum atomic E-state index is 11.7. The molecule has 0 saturated heterocycles. The Morgan fingerprint density at radius 2 is 2.33 bits per heavy atom. The average molecular weight is 318 g/mol. The molecule has 1 heterocycles. The monoisotopic (exact) mass is 317 g/mol. The molecule has 7 nitrogen and oxygen atoms in total. The highest BCUT2D eigenvalue weighted by atomic mass is 79.9. The summed E-state index contributed by atoms with van der Waals surface area (Å²) in [6.45, 7) is 4.22. The lowest BCUT2D eigenvalue weighted by molar-refractivity contribution is -0.389. The van der Waals surface area contributed by atoms with Crippen molar-refractivity contribution in [2.45, 2.75) is 13.8 Å². The minimum atomic E-state index is -0.668. The van der Waals surface area contributed by atoms with E-state index in [1.807, 2.05) is 13.8 Å². The molecule has 1 rings (SSSR count). The second-order valence-electron chi connectivity index (χ2n) is 3.92. The van der Waals surface area contributed by atoms with Gasteiger partial charge in [-0.15, -0.1) is 0 Å². The fourth-order valence-corrected chi connectivity index (χ4v) is 1.43. The van der Waals surface area contributed by atoms with Crippen LogP contribution in [0.2, 0.25) is 0 Å². The van der Waals surface area contributed by atoms with Crippen LogP contribution in [-0.4, -0.2) is 22.4 Å². The second-order valence-corrected chi connectivity index (χ2v) is 4.77. The Labute approximate surface area is 112 Å². The van der Waals surface area contributed by atoms with Gasteiger partial charge in [-0.25, -0.2) is 5.48 Å². The van der Waals surface area contributed by atoms with Crippen molar-refractivity contribution in [2.24, 2.45) is 5.92 Å². The maximum absolute atomic E-state index is 11.7. The first kappa shape index (κ1) is 14.5. The standard InChI is InChI=1S/C10H12BrN3O4/c1-6(2)5-18-13-10(15)7-3-9(14(16)17)12-4-8(7)11/h3-4,6H,5H2,1-2H3,(H,13,15). The molecule has 0 saturated carbocycles. The molecule has 0 unspecified atom stereocenters. The summed E-state index contributed by atoms with van der Waals surface area (Å²) < 4.78 is 0.360. The van der Waals surface area contributed by atoms with Crippen LogP contribution in [0.4, 0.5) is 5.82 Å². The molecule has 1 amide bonds. The first-order valence-electron chi connectivity index (χ1n) is 5.14. The predicted octanol–water partition coefficient (Wildman–Crippen LogP) is 2.07. The Balaban J connectivity index is 2.78. The Morgan fingerprint density at radius 1 is 1.67 bits per heavy atom. The van der Waals surface area contributed by atoms with E-state index in [1.54, 1.807) is 0 Å². The molecule has 0 radical (unpaired) electrons. The van der Waals surface area contributed by atoms with Crippen molar-refractivity contribution in [3.8, 4) is 0 Å². The summed E-state index contributed by atoms with van der Waals surface area (Å²) in [5.41, 5.74) is 2.32. The third-order valence-corrected chi connectivity index (χ3v) is 2.49. The van der Waals surface area contributed by atoms with Gasteiger partial charge in [-0.3, -0.25) is 9.63 Å². The number of amides is 1. The lowest BCUT2D eigenvalue weighted by Gasteiger charge is -2.08. The summed E-state index contributed by atoms with van der Waals surface area (Å²) in [7, 11) is 0. The molecule has 0 spiro atoms. The van der Waals surface area contributed by atoms with Gasteiger partial charge in [0, 0.05) is 0 Å². The van der Waals surface area contributed by atoms with Crippen molar-refractivity contribution in [1.82, 2.24) is 10.5 Å². The van der Waals surface area contributed by atoms with Crippen molar-refractivity contribution < 1.29 is 14.6 Å².